The molecule has 0 aromatic heterocycles. The van der Waals surface area contributed by atoms with Gasteiger partial charge in [0, 0.05) is 19.2 Å². The lowest BCUT2D eigenvalue weighted by Gasteiger charge is -2.18. The molecule has 0 spiro atoms. The molecule has 28 heavy (non-hydrogen) atoms. The standard InChI is InChI=1S/C23H22N2O3/c1-25(23(27)20-8-5-9-21(14-20)28-16-22(24)26)15-17-10-12-19(13-11-17)18-6-3-2-4-7-18/h2-14H,15-16H2,1H3,(H2,24,26). The highest BCUT2D eigenvalue weighted by atomic mass is 16.5. The molecule has 0 heterocycles. The smallest absolute Gasteiger partial charge is 0.255 e. The van der Waals surface area contributed by atoms with Crippen LogP contribution in [0.15, 0.2) is 78.9 Å². The van der Waals surface area contributed by atoms with Crippen LogP contribution in [-0.2, 0) is 11.3 Å². The normalized spacial score (nSPS) is 10.3. The Kier molecular flexibility index (Phi) is 6.07. The van der Waals surface area contributed by atoms with Gasteiger partial charge in [-0.15, -0.1) is 0 Å². The highest BCUT2D eigenvalue weighted by Crippen LogP contribution is 2.20. The van der Waals surface area contributed by atoms with Gasteiger partial charge in [-0.25, -0.2) is 0 Å². The molecule has 0 bridgehead atoms. The second kappa shape index (κ2) is 8.86. The summed E-state index contributed by atoms with van der Waals surface area (Å²) in [5, 5.41) is 0. The molecular weight excluding hydrogens is 352 g/mol. The highest BCUT2D eigenvalue weighted by molar-refractivity contribution is 5.94. The molecule has 0 aliphatic carbocycles. The summed E-state index contributed by atoms with van der Waals surface area (Å²) in [5.41, 5.74) is 8.91. The maximum atomic E-state index is 12.7. The zero-order chi connectivity index (χ0) is 19.9. The Labute approximate surface area is 164 Å². The average Bonchev–Trinajstić information content (AvgIpc) is 2.73. The van der Waals surface area contributed by atoms with Gasteiger partial charge in [-0.3, -0.25) is 9.59 Å². The van der Waals surface area contributed by atoms with Crippen LogP contribution in [0.1, 0.15) is 15.9 Å². The lowest BCUT2D eigenvalue weighted by atomic mass is 10.0. The van der Waals surface area contributed by atoms with Crippen molar-refractivity contribution >= 4 is 11.8 Å². The van der Waals surface area contributed by atoms with Crippen molar-refractivity contribution in [2.24, 2.45) is 5.73 Å². The van der Waals surface area contributed by atoms with Crippen molar-refractivity contribution in [3.63, 3.8) is 0 Å². The van der Waals surface area contributed by atoms with Crippen LogP contribution in [0.2, 0.25) is 0 Å². The van der Waals surface area contributed by atoms with Crippen molar-refractivity contribution in [3.05, 3.63) is 90.0 Å². The molecule has 0 saturated heterocycles. The van der Waals surface area contributed by atoms with E-state index >= 15 is 0 Å². The Bertz CT molecular complexity index is 953. The third kappa shape index (κ3) is 4.98. The maximum Gasteiger partial charge on any atom is 0.255 e. The molecular formula is C23H22N2O3. The van der Waals surface area contributed by atoms with Gasteiger partial charge in [0.2, 0.25) is 0 Å². The van der Waals surface area contributed by atoms with E-state index in [-0.39, 0.29) is 12.5 Å². The van der Waals surface area contributed by atoms with Crippen LogP contribution in [0.4, 0.5) is 0 Å². The number of nitrogens with zero attached hydrogens (tertiary/aromatic N) is 1. The summed E-state index contributed by atoms with van der Waals surface area (Å²) >= 11 is 0. The Morgan fingerprint density at radius 3 is 2.25 bits per heavy atom. The molecule has 142 valence electrons. The summed E-state index contributed by atoms with van der Waals surface area (Å²) in [6, 6.07) is 25.0. The Hall–Kier alpha value is -3.60. The third-order valence-electron chi connectivity index (χ3n) is 4.29. The minimum absolute atomic E-state index is 0.128. The summed E-state index contributed by atoms with van der Waals surface area (Å²) in [6.45, 7) is 0.265. The Morgan fingerprint density at radius 1 is 0.893 bits per heavy atom. The number of nitrogens with two attached hydrogens (primary N) is 1. The number of primary amides is 1. The number of hydrogen-bond acceptors (Lipinski definition) is 3. The molecule has 0 aliphatic rings. The largest absolute Gasteiger partial charge is 0.484 e. The molecule has 2 amide bonds. The molecule has 0 radical (unpaired) electrons. The number of amides is 2. The summed E-state index contributed by atoms with van der Waals surface area (Å²) in [5.74, 6) is -0.255. The van der Waals surface area contributed by atoms with Crippen LogP contribution in [-0.4, -0.2) is 30.4 Å². The molecule has 2 N–H and O–H groups in total. The van der Waals surface area contributed by atoms with Crippen molar-refractivity contribution in [2.75, 3.05) is 13.7 Å². The van der Waals surface area contributed by atoms with Gasteiger partial charge in [0.1, 0.15) is 5.75 Å². The average molecular weight is 374 g/mol. The van der Waals surface area contributed by atoms with E-state index in [1.54, 1.807) is 36.2 Å². The van der Waals surface area contributed by atoms with E-state index in [0.29, 0.717) is 17.9 Å². The first-order valence-corrected chi connectivity index (χ1v) is 8.94. The first kappa shape index (κ1) is 19.2. The predicted molar refractivity (Wildman–Crippen MR) is 109 cm³/mol. The molecule has 3 aromatic rings. The van der Waals surface area contributed by atoms with Gasteiger partial charge in [-0.2, -0.15) is 0 Å². The lowest BCUT2D eigenvalue weighted by Crippen LogP contribution is -2.26. The van der Waals surface area contributed by atoms with Crippen molar-refractivity contribution in [1.29, 1.82) is 0 Å². The molecule has 5 heteroatoms. The Balaban J connectivity index is 1.65. The molecule has 3 aromatic carbocycles. The third-order valence-corrected chi connectivity index (χ3v) is 4.29. The molecule has 3 rings (SSSR count). The van der Waals surface area contributed by atoms with Crippen molar-refractivity contribution in [3.8, 4) is 16.9 Å². The fourth-order valence-electron chi connectivity index (χ4n) is 2.87. The van der Waals surface area contributed by atoms with Crippen LogP contribution in [0.3, 0.4) is 0 Å². The van der Waals surface area contributed by atoms with Gasteiger partial charge >= 0.3 is 0 Å². The number of carbonyl (C=O) groups excluding carboxylic acids is 2. The Morgan fingerprint density at radius 2 is 1.57 bits per heavy atom. The van der Waals surface area contributed by atoms with Crippen LogP contribution < -0.4 is 10.5 Å². The number of hydrogen-bond donors (Lipinski definition) is 1. The number of ether oxygens (including phenoxy) is 1. The van der Waals surface area contributed by atoms with E-state index in [4.69, 9.17) is 10.5 Å². The van der Waals surface area contributed by atoms with E-state index in [1.807, 2.05) is 30.3 Å². The topological polar surface area (TPSA) is 72.6 Å². The minimum Gasteiger partial charge on any atom is -0.484 e. The van der Waals surface area contributed by atoms with E-state index in [9.17, 15) is 9.59 Å². The minimum atomic E-state index is -0.562. The molecule has 0 unspecified atom stereocenters. The quantitative estimate of drug-likeness (QED) is 0.688. The van der Waals surface area contributed by atoms with Crippen molar-refractivity contribution < 1.29 is 14.3 Å². The first-order chi connectivity index (χ1) is 13.5. The number of rotatable bonds is 7. The summed E-state index contributed by atoms with van der Waals surface area (Å²) in [4.78, 5) is 25.2. The lowest BCUT2D eigenvalue weighted by molar-refractivity contribution is -0.119. The van der Waals surface area contributed by atoms with E-state index in [2.05, 4.69) is 24.3 Å². The second-order valence-corrected chi connectivity index (χ2v) is 6.51. The highest BCUT2D eigenvalue weighted by Gasteiger charge is 2.13. The van der Waals surface area contributed by atoms with Gasteiger partial charge < -0.3 is 15.4 Å². The molecule has 0 atom stereocenters. The zero-order valence-electron chi connectivity index (χ0n) is 15.7. The van der Waals surface area contributed by atoms with Gasteiger partial charge in [0.15, 0.2) is 6.61 Å². The summed E-state index contributed by atoms with van der Waals surface area (Å²) in [6.07, 6.45) is 0. The fraction of sp³-hybridized carbons (Fsp3) is 0.130. The SMILES string of the molecule is CN(Cc1ccc(-c2ccccc2)cc1)C(=O)c1cccc(OCC(N)=O)c1. The molecule has 0 aliphatic heterocycles. The van der Waals surface area contributed by atoms with Crippen molar-refractivity contribution in [1.82, 2.24) is 4.90 Å². The van der Waals surface area contributed by atoms with Crippen LogP contribution in [0.5, 0.6) is 5.75 Å². The zero-order valence-corrected chi connectivity index (χ0v) is 15.7. The second-order valence-electron chi connectivity index (χ2n) is 6.51. The predicted octanol–water partition coefficient (Wildman–Crippen LogP) is 3.49. The monoisotopic (exact) mass is 374 g/mol. The first-order valence-electron chi connectivity index (χ1n) is 8.94. The molecule has 5 nitrogen and oxygen atoms in total. The van der Waals surface area contributed by atoms with E-state index < -0.39 is 5.91 Å². The van der Waals surface area contributed by atoms with Crippen LogP contribution >= 0.6 is 0 Å². The van der Waals surface area contributed by atoms with Gasteiger partial charge in [-0.05, 0) is 34.9 Å². The van der Waals surface area contributed by atoms with Gasteiger partial charge in [0.25, 0.3) is 11.8 Å². The van der Waals surface area contributed by atoms with Gasteiger partial charge in [0.05, 0.1) is 0 Å². The van der Waals surface area contributed by atoms with E-state index in [1.165, 1.54) is 0 Å². The fourth-order valence-corrected chi connectivity index (χ4v) is 2.87. The number of carbonyl (C=O) groups is 2. The van der Waals surface area contributed by atoms with E-state index in [0.717, 1.165) is 16.7 Å². The van der Waals surface area contributed by atoms with Gasteiger partial charge in [-0.1, -0.05) is 60.7 Å². The number of benzene rings is 3. The van der Waals surface area contributed by atoms with Crippen LogP contribution in [0.25, 0.3) is 11.1 Å². The summed E-state index contributed by atoms with van der Waals surface area (Å²) in [7, 11) is 1.75. The van der Waals surface area contributed by atoms with Crippen molar-refractivity contribution in [2.45, 2.75) is 6.54 Å². The van der Waals surface area contributed by atoms with Crippen LogP contribution in [0, 0.1) is 0 Å². The molecule has 0 fully saturated rings. The maximum absolute atomic E-state index is 12.7. The summed E-state index contributed by atoms with van der Waals surface area (Å²) < 4.78 is 5.27. The molecule has 0 saturated carbocycles.